The van der Waals surface area contributed by atoms with Gasteiger partial charge in [0, 0.05) is 30.9 Å². The van der Waals surface area contributed by atoms with Crippen molar-refractivity contribution in [2.75, 3.05) is 13.2 Å². The highest BCUT2D eigenvalue weighted by atomic mass is 32.1. The highest BCUT2D eigenvalue weighted by molar-refractivity contribution is 7.09. The standard InChI is InChI=1S/C16H22N4O2S/c1-12-11-23-16(18-12)14-5-3-4-8-20(14)15(21)10-22-9-13-6-7-17-19(13)2/h6-7,11,14H,3-5,8-10H2,1-2H3. The molecule has 0 aliphatic carbocycles. The minimum absolute atomic E-state index is 0.0460. The van der Waals surface area contributed by atoms with Crippen molar-refractivity contribution in [1.29, 1.82) is 0 Å². The third kappa shape index (κ3) is 3.79. The van der Waals surface area contributed by atoms with Crippen LogP contribution in [0.1, 0.15) is 41.7 Å². The summed E-state index contributed by atoms with van der Waals surface area (Å²) >= 11 is 1.64. The van der Waals surface area contributed by atoms with Gasteiger partial charge in [0.1, 0.15) is 11.6 Å². The Labute approximate surface area is 140 Å². The van der Waals surface area contributed by atoms with E-state index in [1.54, 1.807) is 22.2 Å². The number of amides is 1. The molecule has 3 heterocycles. The molecule has 1 aliphatic heterocycles. The monoisotopic (exact) mass is 334 g/mol. The number of nitrogens with zero attached hydrogens (tertiary/aromatic N) is 4. The lowest BCUT2D eigenvalue weighted by Crippen LogP contribution is -2.40. The molecule has 2 aromatic rings. The SMILES string of the molecule is Cc1csc(C2CCCCN2C(=O)COCc2ccnn2C)n1. The lowest BCUT2D eigenvalue weighted by atomic mass is 10.0. The number of aromatic nitrogens is 3. The summed E-state index contributed by atoms with van der Waals surface area (Å²) in [7, 11) is 1.87. The van der Waals surface area contributed by atoms with Gasteiger partial charge in [-0.2, -0.15) is 5.10 Å². The molecule has 1 aliphatic rings. The van der Waals surface area contributed by atoms with Gasteiger partial charge in [0.2, 0.25) is 5.91 Å². The number of thiazole rings is 1. The Hall–Kier alpha value is -1.73. The van der Waals surface area contributed by atoms with Crippen molar-refractivity contribution in [3.8, 4) is 0 Å². The zero-order valence-corrected chi connectivity index (χ0v) is 14.4. The molecule has 1 unspecified atom stereocenters. The van der Waals surface area contributed by atoms with E-state index >= 15 is 0 Å². The topological polar surface area (TPSA) is 60.3 Å². The van der Waals surface area contributed by atoms with Crippen LogP contribution in [0.25, 0.3) is 0 Å². The van der Waals surface area contributed by atoms with Crippen LogP contribution in [0.4, 0.5) is 0 Å². The molecule has 6 nitrogen and oxygen atoms in total. The van der Waals surface area contributed by atoms with Crippen LogP contribution in [0.3, 0.4) is 0 Å². The van der Waals surface area contributed by atoms with Gasteiger partial charge in [0.05, 0.1) is 18.3 Å². The summed E-state index contributed by atoms with van der Waals surface area (Å²) in [4.78, 5) is 19.1. The largest absolute Gasteiger partial charge is 0.365 e. The van der Waals surface area contributed by atoms with E-state index in [2.05, 4.69) is 10.1 Å². The Morgan fingerprint density at radius 3 is 3.04 bits per heavy atom. The van der Waals surface area contributed by atoms with Crippen LogP contribution in [0.5, 0.6) is 0 Å². The highest BCUT2D eigenvalue weighted by Gasteiger charge is 2.29. The molecule has 0 N–H and O–H groups in total. The van der Waals surface area contributed by atoms with Gasteiger partial charge < -0.3 is 9.64 Å². The number of likely N-dealkylation sites (tertiary alicyclic amines) is 1. The van der Waals surface area contributed by atoms with Gasteiger partial charge in [-0.3, -0.25) is 9.48 Å². The van der Waals surface area contributed by atoms with Crippen LogP contribution in [-0.2, 0) is 23.2 Å². The molecule has 0 spiro atoms. The van der Waals surface area contributed by atoms with Crippen molar-refractivity contribution in [2.45, 2.75) is 38.8 Å². The van der Waals surface area contributed by atoms with Crippen molar-refractivity contribution in [3.05, 3.63) is 34.0 Å². The second-order valence-corrected chi connectivity index (χ2v) is 6.75. The number of ether oxygens (including phenoxy) is 1. The fourth-order valence-electron chi connectivity index (χ4n) is 2.88. The van der Waals surface area contributed by atoms with Crippen LogP contribution in [-0.4, -0.2) is 38.7 Å². The number of carbonyl (C=O) groups excluding carboxylic acids is 1. The summed E-state index contributed by atoms with van der Waals surface area (Å²) in [6.45, 7) is 3.28. The second kappa shape index (κ2) is 7.23. The molecule has 0 radical (unpaired) electrons. The summed E-state index contributed by atoms with van der Waals surface area (Å²) in [6, 6.07) is 2.00. The summed E-state index contributed by atoms with van der Waals surface area (Å²) in [5.41, 5.74) is 1.99. The first-order chi connectivity index (χ1) is 11.1. The smallest absolute Gasteiger partial charge is 0.249 e. The Bertz CT molecular complexity index is 667. The molecule has 0 aromatic carbocycles. The van der Waals surface area contributed by atoms with Gasteiger partial charge in [-0.25, -0.2) is 4.98 Å². The number of hydrogen-bond acceptors (Lipinski definition) is 5. The maximum absolute atomic E-state index is 12.6. The number of aryl methyl sites for hydroxylation is 2. The molecule has 124 valence electrons. The van der Waals surface area contributed by atoms with Crippen LogP contribution in [0.2, 0.25) is 0 Å². The number of hydrogen-bond donors (Lipinski definition) is 0. The summed E-state index contributed by atoms with van der Waals surface area (Å²) in [5.74, 6) is 0.0460. The van der Waals surface area contributed by atoms with Crippen LogP contribution < -0.4 is 0 Å². The Balaban J connectivity index is 1.59. The zero-order valence-electron chi connectivity index (χ0n) is 13.6. The van der Waals surface area contributed by atoms with Crippen LogP contribution >= 0.6 is 11.3 Å². The molecule has 1 amide bonds. The molecule has 3 rings (SSSR count). The molecule has 0 bridgehead atoms. The fraction of sp³-hybridized carbons (Fsp3) is 0.562. The minimum Gasteiger partial charge on any atom is -0.365 e. The Morgan fingerprint density at radius 2 is 2.35 bits per heavy atom. The number of rotatable bonds is 5. The normalized spacial score (nSPS) is 18.3. The third-order valence-corrected chi connectivity index (χ3v) is 5.21. The maximum Gasteiger partial charge on any atom is 0.249 e. The molecular weight excluding hydrogens is 312 g/mol. The molecule has 1 saturated heterocycles. The summed E-state index contributed by atoms with van der Waals surface area (Å²) in [5, 5.41) is 7.18. The van der Waals surface area contributed by atoms with Crippen molar-refractivity contribution in [1.82, 2.24) is 19.7 Å². The molecule has 1 fully saturated rings. The van der Waals surface area contributed by atoms with Gasteiger partial charge in [-0.05, 0) is 32.3 Å². The zero-order chi connectivity index (χ0) is 16.2. The van der Waals surface area contributed by atoms with Crippen LogP contribution in [0, 0.1) is 6.92 Å². The van der Waals surface area contributed by atoms with Crippen molar-refractivity contribution >= 4 is 17.2 Å². The first-order valence-corrected chi connectivity index (χ1v) is 8.79. The number of carbonyl (C=O) groups is 1. The van der Waals surface area contributed by atoms with Crippen molar-refractivity contribution < 1.29 is 9.53 Å². The van der Waals surface area contributed by atoms with E-state index < -0.39 is 0 Å². The summed E-state index contributed by atoms with van der Waals surface area (Å²) < 4.78 is 7.35. The van der Waals surface area contributed by atoms with E-state index in [0.29, 0.717) is 6.61 Å². The predicted molar refractivity (Wildman–Crippen MR) is 88.0 cm³/mol. The van der Waals surface area contributed by atoms with E-state index in [1.807, 2.05) is 30.3 Å². The maximum atomic E-state index is 12.6. The Kier molecular flexibility index (Phi) is 5.07. The molecule has 2 aromatic heterocycles. The van der Waals surface area contributed by atoms with Gasteiger partial charge >= 0.3 is 0 Å². The van der Waals surface area contributed by atoms with E-state index in [9.17, 15) is 4.79 Å². The molecule has 0 saturated carbocycles. The lowest BCUT2D eigenvalue weighted by molar-refractivity contribution is -0.140. The van der Waals surface area contributed by atoms with Gasteiger partial charge in [0.25, 0.3) is 0 Å². The van der Waals surface area contributed by atoms with Crippen LogP contribution in [0.15, 0.2) is 17.6 Å². The van der Waals surface area contributed by atoms with E-state index in [0.717, 1.165) is 42.2 Å². The average Bonchev–Trinajstić information content (AvgIpc) is 3.16. The van der Waals surface area contributed by atoms with E-state index in [1.165, 1.54) is 0 Å². The quantitative estimate of drug-likeness (QED) is 0.843. The van der Waals surface area contributed by atoms with Gasteiger partial charge in [-0.1, -0.05) is 0 Å². The van der Waals surface area contributed by atoms with Crippen molar-refractivity contribution in [2.24, 2.45) is 7.05 Å². The first kappa shape index (κ1) is 16.1. The first-order valence-electron chi connectivity index (χ1n) is 7.91. The highest BCUT2D eigenvalue weighted by Crippen LogP contribution is 2.32. The van der Waals surface area contributed by atoms with E-state index in [-0.39, 0.29) is 18.6 Å². The lowest BCUT2D eigenvalue weighted by Gasteiger charge is -2.34. The molecule has 1 atom stereocenters. The fourth-order valence-corrected chi connectivity index (χ4v) is 3.82. The minimum atomic E-state index is 0.0460. The second-order valence-electron chi connectivity index (χ2n) is 5.86. The number of piperidine rings is 1. The van der Waals surface area contributed by atoms with Crippen molar-refractivity contribution in [3.63, 3.8) is 0 Å². The Morgan fingerprint density at radius 1 is 1.48 bits per heavy atom. The third-order valence-electron chi connectivity index (χ3n) is 4.14. The average molecular weight is 334 g/mol. The molecule has 23 heavy (non-hydrogen) atoms. The summed E-state index contributed by atoms with van der Waals surface area (Å²) in [6.07, 6.45) is 4.91. The van der Waals surface area contributed by atoms with Gasteiger partial charge in [0.15, 0.2) is 0 Å². The molecular formula is C16H22N4O2S. The van der Waals surface area contributed by atoms with Gasteiger partial charge in [-0.15, -0.1) is 11.3 Å². The molecule has 7 heteroatoms. The predicted octanol–water partition coefficient (Wildman–Crippen LogP) is 2.46. The van der Waals surface area contributed by atoms with E-state index in [4.69, 9.17) is 4.74 Å².